The van der Waals surface area contributed by atoms with Gasteiger partial charge in [0, 0.05) is 13.7 Å². The van der Waals surface area contributed by atoms with E-state index < -0.39 is 0 Å². The summed E-state index contributed by atoms with van der Waals surface area (Å²) in [6, 6.07) is 0. The summed E-state index contributed by atoms with van der Waals surface area (Å²) in [6.07, 6.45) is 17.5. The minimum absolute atomic E-state index is 0.546. The van der Waals surface area contributed by atoms with Crippen LogP contribution >= 0.6 is 0 Å². The van der Waals surface area contributed by atoms with E-state index >= 15 is 0 Å². The monoisotopic (exact) mass is 438 g/mol. The van der Waals surface area contributed by atoms with Crippen molar-refractivity contribution >= 4 is 0 Å². The minimum Gasteiger partial charge on any atom is -0.385 e. The molecule has 0 aliphatic heterocycles. The zero-order valence-corrected chi connectivity index (χ0v) is 21.8. The first-order chi connectivity index (χ1) is 15.2. The van der Waals surface area contributed by atoms with Gasteiger partial charge in [-0.25, -0.2) is 0 Å². The molecule has 6 rings (SSSR count). The molecule has 1 nitrogen and oxygen atoms in total. The molecule has 6 saturated carbocycles. The zero-order chi connectivity index (χ0) is 22.5. The molecule has 180 valence electrons. The molecule has 10 atom stereocenters. The molecule has 6 aliphatic carbocycles. The van der Waals surface area contributed by atoms with Gasteiger partial charge in [0.05, 0.1) is 0 Å². The highest BCUT2D eigenvalue weighted by molar-refractivity contribution is 5.24. The van der Waals surface area contributed by atoms with Crippen LogP contribution in [0.2, 0.25) is 0 Å². The number of allylic oxidation sites excluding steroid dienone is 1. The molecule has 0 bridgehead atoms. The second-order valence-corrected chi connectivity index (χ2v) is 14.9. The summed E-state index contributed by atoms with van der Waals surface area (Å²) in [5.74, 6) is 6.50. The van der Waals surface area contributed by atoms with E-state index in [1.54, 1.807) is 5.57 Å². The van der Waals surface area contributed by atoms with Gasteiger partial charge >= 0.3 is 0 Å². The molecule has 0 spiro atoms. The second-order valence-electron chi connectivity index (χ2n) is 14.9. The maximum Gasteiger partial charge on any atom is 0.0467 e. The van der Waals surface area contributed by atoms with Crippen molar-refractivity contribution in [1.82, 2.24) is 0 Å². The van der Waals surface area contributed by atoms with Crippen molar-refractivity contribution in [2.45, 2.75) is 105 Å². The third-order valence-electron chi connectivity index (χ3n) is 13.5. The fraction of sp³-hybridized carbons (Fsp3) is 0.935. The summed E-state index contributed by atoms with van der Waals surface area (Å²) in [4.78, 5) is 0. The second kappa shape index (κ2) is 7.11. The highest BCUT2D eigenvalue weighted by atomic mass is 16.5. The van der Waals surface area contributed by atoms with Crippen LogP contribution in [0.25, 0.3) is 0 Å². The molecule has 6 aliphatic rings. The van der Waals surface area contributed by atoms with E-state index in [0.717, 1.165) is 48.0 Å². The van der Waals surface area contributed by atoms with E-state index in [0.29, 0.717) is 21.7 Å². The number of ether oxygens (including phenoxy) is 1. The molecule has 0 N–H and O–H groups in total. The van der Waals surface area contributed by atoms with Gasteiger partial charge < -0.3 is 4.74 Å². The van der Waals surface area contributed by atoms with Crippen LogP contribution in [0.3, 0.4) is 0 Å². The van der Waals surface area contributed by atoms with Crippen LogP contribution in [0, 0.1) is 63.1 Å². The van der Waals surface area contributed by atoms with Crippen LogP contribution in [-0.2, 0) is 4.74 Å². The van der Waals surface area contributed by atoms with E-state index in [2.05, 4.69) is 27.7 Å². The molecule has 0 aromatic rings. The Morgan fingerprint density at radius 3 is 2.47 bits per heavy atom. The lowest BCUT2D eigenvalue weighted by Crippen LogP contribution is -2.64. The maximum atomic E-state index is 5.67. The van der Waals surface area contributed by atoms with Crippen molar-refractivity contribution in [3.63, 3.8) is 0 Å². The first kappa shape index (κ1) is 22.2. The Bertz CT molecular complexity index is 781. The third-order valence-corrected chi connectivity index (χ3v) is 13.5. The standard InChI is InChI=1S/C31H50O/c1-20-18-21-19-24-23(8-9-25-28(2,3)11-7-12-29(24,25)4)30(5)14-15-31(16-17-32-6)13-10-22(20)27(31)26(21)30/h21-27H,1,7-19H2,2-6H3. The van der Waals surface area contributed by atoms with E-state index in [4.69, 9.17) is 11.3 Å². The number of hydrogen-bond donors (Lipinski definition) is 0. The maximum absolute atomic E-state index is 5.67. The van der Waals surface area contributed by atoms with Gasteiger partial charge in [-0.05, 0) is 134 Å². The highest BCUT2D eigenvalue weighted by Gasteiger charge is 2.69. The summed E-state index contributed by atoms with van der Waals surface area (Å²) in [5.41, 5.74) is 3.92. The Hall–Kier alpha value is -0.300. The van der Waals surface area contributed by atoms with Gasteiger partial charge in [-0.3, -0.25) is 0 Å². The Balaban J connectivity index is 1.40. The van der Waals surface area contributed by atoms with E-state index in [1.165, 1.54) is 77.0 Å². The summed E-state index contributed by atoms with van der Waals surface area (Å²) in [7, 11) is 1.91. The Morgan fingerprint density at radius 2 is 1.69 bits per heavy atom. The van der Waals surface area contributed by atoms with Crippen molar-refractivity contribution in [3.05, 3.63) is 12.2 Å². The van der Waals surface area contributed by atoms with Crippen LogP contribution in [0.15, 0.2) is 12.2 Å². The summed E-state index contributed by atoms with van der Waals surface area (Å²) in [5, 5.41) is 0. The normalized spacial score (nSPS) is 55.7. The van der Waals surface area contributed by atoms with Crippen LogP contribution in [0.5, 0.6) is 0 Å². The van der Waals surface area contributed by atoms with E-state index in [9.17, 15) is 0 Å². The van der Waals surface area contributed by atoms with Gasteiger partial charge in [-0.1, -0.05) is 46.3 Å². The van der Waals surface area contributed by atoms with Crippen molar-refractivity contribution in [2.75, 3.05) is 13.7 Å². The quantitative estimate of drug-likeness (QED) is 0.403. The van der Waals surface area contributed by atoms with Crippen molar-refractivity contribution in [2.24, 2.45) is 63.1 Å². The summed E-state index contributed by atoms with van der Waals surface area (Å²) in [6.45, 7) is 16.5. The number of hydrogen-bond acceptors (Lipinski definition) is 1. The van der Waals surface area contributed by atoms with Gasteiger partial charge in [-0.15, -0.1) is 0 Å². The van der Waals surface area contributed by atoms with Gasteiger partial charge in [0.25, 0.3) is 0 Å². The van der Waals surface area contributed by atoms with E-state index in [-0.39, 0.29) is 0 Å². The molecule has 0 heterocycles. The van der Waals surface area contributed by atoms with Gasteiger partial charge in [0.2, 0.25) is 0 Å². The van der Waals surface area contributed by atoms with Crippen molar-refractivity contribution in [1.29, 1.82) is 0 Å². The number of methoxy groups -OCH3 is 1. The van der Waals surface area contributed by atoms with Crippen LogP contribution in [0.1, 0.15) is 105 Å². The molecular weight excluding hydrogens is 388 g/mol. The number of fused-ring (bicyclic) bond motifs is 4. The molecule has 0 aromatic carbocycles. The largest absolute Gasteiger partial charge is 0.385 e. The van der Waals surface area contributed by atoms with Gasteiger partial charge in [0.1, 0.15) is 0 Å². The average molecular weight is 439 g/mol. The first-order valence-corrected chi connectivity index (χ1v) is 14.3. The fourth-order valence-electron chi connectivity index (χ4n) is 12.4. The topological polar surface area (TPSA) is 9.23 Å². The lowest BCUT2D eigenvalue weighted by molar-refractivity contribution is -0.216. The van der Waals surface area contributed by atoms with Crippen molar-refractivity contribution in [3.8, 4) is 0 Å². The molecule has 32 heavy (non-hydrogen) atoms. The Kier molecular flexibility index (Phi) is 4.93. The summed E-state index contributed by atoms with van der Waals surface area (Å²) >= 11 is 0. The lowest BCUT2D eigenvalue weighted by Gasteiger charge is -2.71. The van der Waals surface area contributed by atoms with Gasteiger partial charge in [0.15, 0.2) is 0 Å². The van der Waals surface area contributed by atoms with Crippen LogP contribution < -0.4 is 0 Å². The Labute approximate surface area is 198 Å². The molecule has 0 amide bonds. The Morgan fingerprint density at radius 1 is 0.875 bits per heavy atom. The van der Waals surface area contributed by atoms with Crippen LogP contribution in [-0.4, -0.2) is 13.7 Å². The predicted octanol–water partition coefficient (Wildman–Crippen LogP) is 8.29. The van der Waals surface area contributed by atoms with Gasteiger partial charge in [-0.2, -0.15) is 0 Å². The summed E-state index contributed by atoms with van der Waals surface area (Å²) < 4.78 is 5.67. The van der Waals surface area contributed by atoms with Crippen LogP contribution in [0.4, 0.5) is 0 Å². The molecule has 10 unspecified atom stereocenters. The van der Waals surface area contributed by atoms with E-state index in [1.807, 2.05) is 7.11 Å². The smallest absolute Gasteiger partial charge is 0.0467 e. The third kappa shape index (κ3) is 2.73. The lowest BCUT2D eigenvalue weighted by atomic mass is 9.34. The molecule has 0 saturated heterocycles. The molecule has 0 radical (unpaired) electrons. The molecule has 1 heteroatoms. The molecule has 0 aromatic heterocycles. The minimum atomic E-state index is 0.546. The SMILES string of the molecule is C=C1CC2CC3C(CCC4C(C)(C)CCCC34C)C3(C)CCC4(CCOC)CCC1C4C23. The first-order valence-electron chi connectivity index (χ1n) is 14.3. The number of rotatable bonds is 3. The molecule has 6 fully saturated rings. The predicted molar refractivity (Wildman–Crippen MR) is 133 cm³/mol. The molecular formula is C31H50O. The average Bonchev–Trinajstić information content (AvgIpc) is 3.12. The zero-order valence-electron chi connectivity index (χ0n) is 21.8. The van der Waals surface area contributed by atoms with Crippen molar-refractivity contribution < 1.29 is 4.74 Å². The fourth-order valence-corrected chi connectivity index (χ4v) is 12.4. The highest BCUT2D eigenvalue weighted by Crippen LogP contribution is 2.77.